The van der Waals surface area contributed by atoms with E-state index in [-0.39, 0.29) is 11.7 Å². The van der Waals surface area contributed by atoms with Gasteiger partial charge in [0.05, 0.1) is 6.20 Å². The summed E-state index contributed by atoms with van der Waals surface area (Å²) in [5.74, 6) is -0.578. The van der Waals surface area contributed by atoms with Gasteiger partial charge in [-0.05, 0) is 55.5 Å². The van der Waals surface area contributed by atoms with Gasteiger partial charge in [-0.1, -0.05) is 30.0 Å². The molecule has 4 nitrogen and oxygen atoms in total. The standard InChI is InChI=1S/C19H18FN3OS/c1-12-5-4-6-13(2)17(12)22-18(24)16-11-21-19(25-3)23(16)15-9-7-14(20)8-10-15/h4-11H,1-3H3,(H,22,24). The van der Waals surface area contributed by atoms with E-state index in [1.807, 2.05) is 38.3 Å². The Morgan fingerprint density at radius 3 is 2.36 bits per heavy atom. The van der Waals surface area contributed by atoms with Gasteiger partial charge < -0.3 is 5.32 Å². The van der Waals surface area contributed by atoms with Crippen LogP contribution < -0.4 is 5.32 Å². The van der Waals surface area contributed by atoms with Gasteiger partial charge in [0.1, 0.15) is 11.5 Å². The Hall–Kier alpha value is -2.60. The maximum absolute atomic E-state index is 13.2. The molecule has 0 saturated heterocycles. The number of nitrogens with zero attached hydrogens (tertiary/aromatic N) is 2. The van der Waals surface area contributed by atoms with Crippen LogP contribution in [0, 0.1) is 19.7 Å². The highest BCUT2D eigenvalue weighted by Crippen LogP contribution is 2.24. The first-order valence-corrected chi connectivity index (χ1v) is 8.99. The highest BCUT2D eigenvalue weighted by Gasteiger charge is 2.19. The largest absolute Gasteiger partial charge is 0.320 e. The lowest BCUT2D eigenvalue weighted by Gasteiger charge is -2.14. The number of hydrogen-bond donors (Lipinski definition) is 1. The number of carbonyl (C=O) groups is 1. The molecule has 0 unspecified atom stereocenters. The average Bonchev–Trinajstić information content (AvgIpc) is 3.03. The molecule has 1 heterocycles. The molecule has 0 atom stereocenters. The van der Waals surface area contributed by atoms with Crippen molar-refractivity contribution in [2.75, 3.05) is 11.6 Å². The van der Waals surface area contributed by atoms with E-state index in [0.717, 1.165) is 16.8 Å². The minimum absolute atomic E-state index is 0.255. The number of thioether (sulfide) groups is 1. The zero-order chi connectivity index (χ0) is 18.0. The third-order valence-corrected chi connectivity index (χ3v) is 4.60. The van der Waals surface area contributed by atoms with E-state index in [1.165, 1.54) is 30.1 Å². The number of nitrogens with one attached hydrogen (secondary N) is 1. The number of hydrogen-bond acceptors (Lipinski definition) is 3. The van der Waals surface area contributed by atoms with Crippen LogP contribution in [0.4, 0.5) is 10.1 Å². The number of aromatic nitrogens is 2. The van der Waals surface area contributed by atoms with Gasteiger partial charge in [-0.3, -0.25) is 9.36 Å². The number of halogens is 1. The molecule has 0 radical (unpaired) electrons. The molecule has 3 aromatic rings. The summed E-state index contributed by atoms with van der Waals surface area (Å²) in [4.78, 5) is 17.2. The summed E-state index contributed by atoms with van der Waals surface area (Å²) in [5, 5.41) is 3.64. The third-order valence-electron chi connectivity index (χ3n) is 3.95. The van der Waals surface area contributed by atoms with Crippen LogP contribution in [0.25, 0.3) is 5.69 Å². The molecule has 3 rings (SSSR count). The van der Waals surface area contributed by atoms with E-state index in [0.29, 0.717) is 16.5 Å². The average molecular weight is 355 g/mol. The molecule has 0 fully saturated rings. The smallest absolute Gasteiger partial charge is 0.274 e. The minimum atomic E-state index is -0.323. The van der Waals surface area contributed by atoms with Crippen LogP contribution in [0.1, 0.15) is 21.6 Å². The monoisotopic (exact) mass is 355 g/mol. The first kappa shape index (κ1) is 17.2. The van der Waals surface area contributed by atoms with E-state index in [4.69, 9.17) is 0 Å². The highest BCUT2D eigenvalue weighted by molar-refractivity contribution is 7.98. The van der Waals surface area contributed by atoms with Crippen molar-refractivity contribution in [1.82, 2.24) is 9.55 Å². The van der Waals surface area contributed by atoms with Gasteiger partial charge in [-0.25, -0.2) is 9.37 Å². The van der Waals surface area contributed by atoms with E-state index in [9.17, 15) is 9.18 Å². The lowest BCUT2D eigenvalue weighted by Crippen LogP contribution is -2.18. The molecule has 0 spiro atoms. The summed E-state index contributed by atoms with van der Waals surface area (Å²) in [6.07, 6.45) is 3.42. The molecule has 2 aromatic carbocycles. The maximum Gasteiger partial charge on any atom is 0.274 e. The van der Waals surface area contributed by atoms with Gasteiger partial charge in [0.25, 0.3) is 5.91 Å². The number of benzene rings is 2. The quantitative estimate of drug-likeness (QED) is 0.696. The van der Waals surface area contributed by atoms with Gasteiger partial charge in [0.15, 0.2) is 5.16 Å². The first-order chi connectivity index (χ1) is 12.0. The summed E-state index contributed by atoms with van der Waals surface area (Å²) < 4.78 is 15.0. The number of carbonyl (C=O) groups excluding carboxylic acids is 1. The lowest BCUT2D eigenvalue weighted by atomic mass is 10.1. The summed E-state index contributed by atoms with van der Waals surface area (Å²) in [7, 11) is 0. The zero-order valence-corrected chi connectivity index (χ0v) is 15.0. The van der Waals surface area contributed by atoms with Crippen LogP contribution in [0.5, 0.6) is 0 Å². The van der Waals surface area contributed by atoms with Crippen LogP contribution in [-0.2, 0) is 0 Å². The predicted molar refractivity (Wildman–Crippen MR) is 99.2 cm³/mol. The van der Waals surface area contributed by atoms with Crippen molar-refractivity contribution >= 4 is 23.4 Å². The first-order valence-electron chi connectivity index (χ1n) is 7.76. The fourth-order valence-corrected chi connectivity index (χ4v) is 3.21. The van der Waals surface area contributed by atoms with Crippen molar-refractivity contribution in [1.29, 1.82) is 0 Å². The van der Waals surface area contributed by atoms with E-state index < -0.39 is 0 Å². The Labute approximate surface area is 150 Å². The number of amides is 1. The predicted octanol–water partition coefficient (Wildman–Crippen LogP) is 4.60. The van der Waals surface area contributed by atoms with Crippen molar-refractivity contribution in [3.63, 3.8) is 0 Å². The summed E-state index contributed by atoms with van der Waals surface area (Å²) in [6, 6.07) is 11.9. The number of aryl methyl sites for hydroxylation is 2. The summed E-state index contributed by atoms with van der Waals surface area (Å²) in [5.41, 5.74) is 3.87. The lowest BCUT2D eigenvalue weighted by molar-refractivity contribution is 0.102. The van der Waals surface area contributed by atoms with Crippen molar-refractivity contribution in [3.05, 3.63) is 71.3 Å². The zero-order valence-electron chi connectivity index (χ0n) is 14.2. The fraction of sp³-hybridized carbons (Fsp3) is 0.158. The second-order valence-corrected chi connectivity index (χ2v) is 6.44. The van der Waals surface area contributed by atoms with Crippen molar-refractivity contribution in [2.24, 2.45) is 0 Å². The Kier molecular flexibility index (Phi) is 4.90. The SMILES string of the molecule is CSc1ncc(C(=O)Nc2c(C)cccc2C)n1-c1ccc(F)cc1. The molecule has 1 amide bonds. The number of para-hydroxylation sites is 1. The van der Waals surface area contributed by atoms with E-state index in [2.05, 4.69) is 10.3 Å². The summed E-state index contributed by atoms with van der Waals surface area (Å²) in [6.45, 7) is 3.90. The van der Waals surface area contributed by atoms with Gasteiger partial charge >= 0.3 is 0 Å². The molecule has 25 heavy (non-hydrogen) atoms. The van der Waals surface area contributed by atoms with E-state index in [1.54, 1.807) is 16.7 Å². The number of imidazole rings is 1. The van der Waals surface area contributed by atoms with Gasteiger partial charge in [0, 0.05) is 11.4 Å². The second-order valence-electron chi connectivity index (χ2n) is 5.66. The molecule has 1 N–H and O–H groups in total. The molecule has 0 bridgehead atoms. The normalized spacial score (nSPS) is 10.7. The molecular weight excluding hydrogens is 337 g/mol. The number of rotatable bonds is 4. The van der Waals surface area contributed by atoms with Crippen molar-refractivity contribution < 1.29 is 9.18 Å². The molecule has 0 aliphatic carbocycles. The van der Waals surface area contributed by atoms with Gasteiger partial charge in [-0.15, -0.1) is 0 Å². The fourth-order valence-electron chi connectivity index (χ4n) is 2.67. The minimum Gasteiger partial charge on any atom is -0.320 e. The third kappa shape index (κ3) is 3.44. The Morgan fingerprint density at radius 2 is 1.76 bits per heavy atom. The summed E-state index contributed by atoms with van der Waals surface area (Å²) >= 11 is 1.42. The molecule has 6 heteroatoms. The Morgan fingerprint density at radius 1 is 1.12 bits per heavy atom. The topological polar surface area (TPSA) is 46.9 Å². The molecule has 0 aliphatic heterocycles. The van der Waals surface area contributed by atoms with Crippen LogP contribution >= 0.6 is 11.8 Å². The van der Waals surface area contributed by atoms with Crippen LogP contribution in [0.2, 0.25) is 0 Å². The van der Waals surface area contributed by atoms with Crippen LogP contribution in [0.15, 0.2) is 53.8 Å². The Bertz CT molecular complexity index is 899. The van der Waals surface area contributed by atoms with E-state index >= 15 is 0 Å². The van der Waals surface area contributed by atoms with Crippen molar-refractivity contribution in [2.45, 2.75) is 19.0 Å². The number of anilines is 1. The second kappa shape index (κ2) is 7.11. The van der Waals surface area contributed by atoms with Crippen molar-refractivity contribution in [3.8, 4) is 5.69 Å². The molecule has 128 valence electrons. The molecular formula is C19H18FN3OS. The highest BCUT2D eigenvalue weighted by atomic mass is 32.2. The Balaban J connectivity index is 2.01. The van der Waals surface area contributed by atoms with Gasteiger partial charge in [-0.2, -0.15) is 0 Å². The molecule has 1 aromatic heterocycles. The molecule has 0 saturated carbocycles. The molecule has 0 aliphatic rings. The maximum atomic E-state index is 13.2. The van der Waals surface area contributed by atoms with Gasteiger partial charge in [0.2, 0.25) is 0 Å². The van der Waals surface area contributed by atoms with Crippen LogP contribution in [-0.4, -0.2) is 21.7 Å². The van der Waals surface area contributed by atoms with Crippen LogP contribution in [0.3, 0.4) is 0 Å².